The van der Waals surface area contributed by atoms with Gasteiger partial charge in [-0.15, -0.1) is 0 Å². The van der Waals surface area contributed by atoms with E-state index in [0.717, 1.165) is 27.3 Å². The lowest BCUT2D eigenvalue weighted by Gasteiger charge is -2.24. The molecule has 0 aliphatic rings. The third-order valence-electron chi connectivity index (χ3n) is 4.54. The molecule has 0 spiro atoms. The second kappa shape index (κ2) is 8.66. The summed E-state index contributed by atoms with van der Waals surface area (Å²) < 4.78 is 30.8. The maximum atomic E-state index is 12.7. The van der Waals surface area contributed by atoms with Gasteiger partial charge in [0.05, 0.1) is 18.5 Å². The highest BCUT2D eigenvalue weighted by atomic mass is 32.2. The smallest absolute Gasteiger partial charge is 0.246 e. The van der Waals surface area contributed by atoms with Crippen molar-refractivity contribution >= 4 is 21.6 Å². The Kier molecular flexibility index (Phi) is 6.21. The summed E-state index contributed by atoms with van der Waals surface area (Å²) in [5.74, 6) is 0.312. The minimum atomic E-state index is -3.63. The van der Waals surface area contributed by atoms with E-state index in [1.54, 1.807) is 31.3 Å². The first-order chi connectivity index (χ1) is 14.1. The molecule has 1 amide bonds. The van der Waals surface area contributed by atoms with E-state index in [2.05, 4.69) is 10.1 Å². The molecular formula is C21H24N4O4S. The highest BCUT2D eigenvalue weighted by molar-refractivity contribution is 7.92. The van der Waals surface area contributed by atoms with Crippen molar-refractivity contribution in [2.24, 2.45) is 0 Å². The first-order valence-corrected chi connectivity index (χ1v) is 11.2. The summed E-state index contributed by atoms with van der Waals surface area (Å²) >= 11 is 0. The molecule has 0 fully saturated rings. The minimum Gasteiger partial charge on any atom is -0.337 e. The normalized spacial score (nSPS) is 11.3. The number of carbonyl (C=O) groups is 1. The third-order valence-corrected chi connectivity index (χ3v) is 5.68. The summed E-state index contributed by atoms with van der Waals surface area (Å²) in [7, 11) is -2.07. The molecule has 0 radical (unpaired) electrons. The van der Waals surface area contributed by atoms with Gasteiger partial charge in [-0.2, -0.15) is 4.98 Å². The van der Waals surface area contributed by atoms with Gasteiger partial charge in [0.15, 0.2) is 0 Å². The molecule has 8 nitrogen and oxygen atoms in total. The Bertz CT molecular complexity index is 1140. The van der Waals surface area contributed by atoms with E-state index in [9.17, 15) is 13.2 Å². The molecule has 0 unspecified atom stereocenters. The molecule has 0 atom stereocenters. The number of hydrogen-bond donors (Lipinski definition) is 0. The second-order valence-corrected chi connectivity index (χ2v) is 9.14. The fourth-order valence-electron chi connectivity index (χ4n) is 2.87. The molecule has 9 heteroatoms. The number of amides is 1. The van der Waals surface area contributed by atoms with Gasteiger partial charge < -0.3 is 9.42 Å². The monoisotopic (exact) mass is 428 g/mol. The Morgan fingerprint density at radius 3 is 2.40 bits per heavy atom. The number of anilines is 1. The average molecular weight is 429 g/mol. The van der Waals surface area contributed by atoms with Gasteiger partial charge in [-0.3, -0.25) is 9.10 Å². The van der Waals surface area contributed by atoms with Crippen LogP contribution in [-0.2, 0) is 21.4 Å². The number of carbonyl (C=O) groups excluding carboxylic acids is 1. The molecule has 0 saturated heterocycles. The number of hydrogen-bond acceptors (Lipinski definition) is 6. The molecule has 3 rings (SSSR count). The fourth-order valence-corrected chi connectivity index (χ4v) is 3.72. The van der Waals surface area contributed by atoms with Gasteiger partial charge in [-0.25, -0.2) is 8.42 Å². The first-order valence-electron chi connectivity index (χ1n) is 9.31. The van der Waals surface area contributed by atoms with Crippen LogP contribution in [0.1, 0.15) is 17.0 Å². The van der Waals surface area contributed by atoms with Crippen molar-refractivity contribution in [2.75, 3.05) is 24.2 Å². The number of nitrogens with zero attached hydrogens (tertiary/aromatic N) is 4. The lowest BCUT2D eigenvalue weighted by atomic mass is 10.1. The second-order valence-electron chi connectivity index (χ2n) is 7.24. The van der Waals surface area contributed by atoms with Crippen molar-refractivity contribution in [2.45, 2.75) is 20.4 Å². The Balaban J connectivity index is 1.71. The number of benzene rings is 2. The molecule has 3 aromatic rings. The lowest BCUT2D eigenvalue weighted by molar-refractivity contribution is -0.129. The van der Waals surface area contributed by atoms with E-state index in [1.165, 1.54) is 4.90 Å². The summed E-state index contributed by atoms with van der Waals surface area (Å²) in [5, 5.41) is 3.97. The van der Waals surface area contributed by atoms with E-state index in [0.29, 0.717) is 11.5 Å². The maximum absolute atomic E-state index is 12.7. The molecule has 2 aromatic carbocycles. The van der Waals surface area contributed by atoms with Crippen LogP contribution in [0.5, 0.6) is 0 Å². The van der Waals surface area contributed by atoms with E-state index < -0.39 is 15.9 Å². The van der Waals surface area contributed by atoms with Crippen LogP contribution in [0.25, 0.3) is 11.4 Å². The van der Waals surface area contributed by atoms with Crippen LogP contribution < -0.4 is 4.31 Å². The Morgan fingerprint density at radius 1 is 1.07 bits per heavy atom. The predicted molar refractivity (Wildman–Crippen MR) is 114 cm³/mol. The summed E-state index contributed by atoms with van der Waals surface area (Å²) in [4.78, 5) is 18.4. The molecule has 30 heavy (non-hydrogen) atoms. The number of rotatable bonds is 7. The van der Waals surface area contributed by atoms with Gasteiger partial charge >= 0.3 is 0 Å². The fraction of sp³-hybridized carbons (Fsp3) is 0.286. The summed E-state index contributed by atoms with van der Waals surface area (Å²) in [6, 6.07) is 14.6. The molecule has 0 aliphatic heterocycles. The number of aromatic nitrogens is 2. The van der Waals surface area contributed by atoms with Gasteiger partial charge in [-0.1, -0.05) is 46.6 Å². The molecular weight excluding hydrogens is 404 g/mol. The molecule has 1 aromatic heterocycles. The summed E-state index contributed by atoms with van der Waals surface area (Å²) in [6.07, 6.45) is 1.08. The molecule has 158 valence electrons. The van der Waals surface area contributed by atoms with Crippen molar-refractivity contribution < 1.29 is 17.7 Å². The zero-order chi connectivity index (χ0) is 21.9. The summed E-state index contributed by atoms with van der Waals surface area (Å²) in [5.41, 5.74) is 3.32. The van der Waals surface area contributed by atoms with Gasteiger partial charge in [0.2, 0.25) is 27.6 Å². The van der Waals surface area contributed by atoms with Gasteiger partial charge in [0, 0.05) is 12.6 Å². The van der Waals surface area contributed by atoms with Gasteiger partial charge in [0.1, 0.15) is 6.54 Å². The van der Waals surface area contributed by atoms with Crippen molar-refractivity contribution in [3.63, 3.8) is 0 Å². The first kappa shape index (κ1) is 21.5. The Morgan fingerprint density at radius 2 is 1.77 bits per heavy atom. The van der Waals surface area contributed by atoms with Crippen molar-refractivity contribution in [1.82, 2.24) is 15.0 Å². The van der Waals surface area contributed by atoms with E-state index in [4.69, 9.17) is 4.52 Å². The Hall–Kier alpha value is -3.20. The van der Waals surface area contributed by atoms with Crippen LogP contribution in [0.3, 0.4) is 0 Å². The average Bonchev–Trinajstić information content (AvgIpc) is 3.14. The van der Waals surface area contributed by atoms with Crippen LogP contribution >= 0.6 is 0 Å². The van der Waals surface area contributed by atoms with E-state index in [1.807, 2.05) is 38.1 Å². The zero-order valence-electron chi connectivity index (χ0n) is 17.4. The highest BCUT2D eigenvalue weighted by Crippen LogP contribution is 2.19. The quantitative estimate of drug-likeness (QED) is 0.574. The number of aryl methyl sites for hydroxylation is 2. The maximum Gasteiger partial charge on any atom is 0.246 e. The Labute approximate surface area is 176 Å². The van der Waals surface area contributed by atoms with E-state index in [-0.39, 0.29) is 19.0 Å². The predicted octanol–water partition coefficient (Wildman–Crippen LogP) is 2.78. The highest BCUT2D eigenvalue weighted by Gasteiger charge is 2.23. The molecule has 0 aliphatic carbocycles. The van der Waals surface area contributed by atoms with Crippen LogP contribution in [0.4, 0.5) is 5.69 Å². The van der Waals surface area contributed by atoms with Crippen molar-refractivity contribution in [3.8, 4) is 11.4 Å². The number of likely N-dealkylation sites (N-methyl/N-ethyl adjacent to an activating group) is 1. The van der Waals surface area contributed by atoms with Crippen LogP contribution in [0.15, 0.2) is 53.1 Å². The molecule has 1 heterocycles. The molecule has 0 bridgehead atoms. The van der Waals surface area contributed by atoms with Gasteiger partial charge in [0.25, 0.3) is 0 Å². The summed E-state index contributed by atoms with van der Waals surface area (Å²) in [6.45, 7) is 3.63. The number of sulfonamides is 1. The van der Waals surface area contributed by atoms with Crippen molar-refractivity contribution in [3.05, 3.63) is 65.5 Å². The van der Waals surface area contributed by atoms with Crippen LogP contribution in [0, 0.1) is 13.8 Å². The SMILES string of the molecule is Cc1ccc(N(CC(=O)N(C)Cc2nc(-c3cccc(C)c3)no2)S(C)(=O)=O)cc1. The topological polar surface area (TPSA) is 96.6 Å². The zero-order valence-corrected chi connectivity index (χ0v) is 18.2. The molecule has 0 saturated carbocycles. The largest absolute Gasteiger partial charge is 0.337 e. The lowest BCUT2D eigenvalue weighted by Crippen LogP contribution is -2.41. The van der Waals surface area contributed by atoms with Crippen LogP contribution in [-0.4, -0.2) is 49.2 Å². The van der Waals surface area contributed by atoms with E-state index >= 15 is 0 Å². The standard InChI is InChI=1S/C21H24N4O4S/c1-15-8-10-18(11-9-15)25(30(4,27)28)14-20(26)24(3)13-19-22-21(23-29-19)17-7-5-6-16(2)12-17/h5-12H,13-14H2,1-4H3. The minimum absolute atomic E-state index is 0.0726. The third kappa shape index (κ3) is 5.24. The van der Waals surface area contributed by atoms with Gasteiger partial charge in [-0.05, 0) is 32.0 Å². The van der Waals surface area contributed by atoms with Crippen molar-refractivity contribution in [1.29, 1.82) is 0 Å². The molecule has 0 N–H and O–H groups in total. The van der Waals surface area contributed by atoms with Crippen LogP contribution in [0.2, 0.25) is 0 Å².